The van der Waals surface area contributed by atoms with E-state index in [1.54, 1.807) is 0 Å². The van der Waals surface area contributed by atoms with Crippen LogP contribution >= 0.6 is 0 Å². The first-order valence-corrected chi connectivity index (χ1v) is 24.5. The van der Waals surface area contributed by atoms with Crippen LogP contribution in [0.25, 0.3) is 0 Å². The predicted octanol–water partition coefficient (Wildman–Crippen LogP) is -1.31. The van der Waals surface area contributed by atoms with Crippen LogP contribution in [0.15, 0.2) is 60.7 Å². The van der Waals surface area contributed by atoms with Crippen LogP contribution in [-0.2, 0) is 56.7 Å². The molecule has 376 valence electrons. The fourth-order valence-corrected chi connectivity index (χ4v) is 13.1. The zero-order valence-electron chi connectivity index (χ0n) is 38.5. The number of hydrogen-bond acceptors (Lipinski definition) is 20. The third-order valence-corrected chi connectivity index (χ3v) is 17.2. The summed E-state index contributed by atoms with van der Waals surface area (Å²) in [6, 6.07) is 19.2. The Hall–Kier alpha value is -3.33. The molecule has 0 spiro atoms. The van der Waals surface area contributed by atoms with Crippen LogP contribution in [-0.4, -0.2) is 193 Å². The molecular weight excluding hydrogens is 901 g/mol. The highest BCUT2D eigenvalue weighted by molar-refractivity contribution is 6.99. The Morgan fingerprint density at radius 3 is 1.58 bits per heavy atom. The molecule has 2 aromatic rings. The zero-order chi connectivity index (χ0) is 49.1. The molecule has 3 fully saturated rings. The number of carbonyl (C=O) groups is 3. The van der Waals surface area contributed by atoms with Crippen molar-refractivity contribution in [2.45, 2.75) is 163 Å². The van der Waals surface area contributed by atoms with E-state index in [-0.39, 0.29) is 31.8 Å². The van der Waals surface area contributed by atoms with Crippen LogP contribution in [0.1, 0.15) is 66.2 Å². The molecule has 8 N–H and O–H groups in total. The summed E-state index contributed by atoms with van der Waals surface area (Å²) < 4.78 is 55.6. The van der Waals surface area contributed by atoms with E-state index in [9.17, 15) is 55.2 Å². The molecule has 3 aliphatic rings. The van der Waals surface area contributed by atoms with Gasteiger partial charge in [0.05, 0.1) is 33.4 Å². The molecule has 0 aromatic heterocycles. The number of unbranched alkanes of at least 4 members (excludes halogenated alkanes) is 2. The van der Waals surface area contributed by atoms with Crippen molar-refractivity contribution in [3.8, 4) is 0 Å². The SMILES string of the molecule is COC(=O)CCCCCO[C@@H]1O[C@H](CO[Si](c2ccccc2)(c2ccccc2)C(C)(C)C)[C@H](O[C@@H]2O[C@H](CO)[C@H](O)[C@H](O)[C@H]2O)[C@H](O[C@H]2O[C@H](CO)[C@H](O)[C@H](O)[C@H]2O)[C@H]1OC(=O)CCC(C)=O. The highest BCUT2D eigenvalue weighted by Gasteiger charge is 2.58. The second kappa shape index (κ2) is 25.0. The number of ketones is 1. The minimum absolute atomic E-state index is 0.0410. The van der Waals surface area contributed by atoms with E-state index in [4.69, 9.17) is 42.3 Å². The standard InChI is InChI=1S/C46H68O20Si/c1-26(49)20-21-33(51)64-42-41(66-44-39(57)37(55)35(53)30(24-48)62-44)40(65-43-38(56)36(54)34(52)29(23-47)61-43)31(63-45(42)59-22-14-8-13-19-32(50)58-5)25-60-67(46(2,3)4,27-15-9-6-10-16-27)28-17-11-7-12-18-28/h6-7,9-12,15-18,29-31,34-45,47-48,52-57H,8,13-14,19-25H2,1-5H3/t29-,30-,31-,34+,35+,36+,37+,38-,39-,40+,41+,42-,43+,44-,45-/m1/s1. The number of Topliss-reactive ketones (excluding diaryl/α,β-unsaturated/α-hetero) is 1. The van der Waals surface area contributed by atoms with Gasteiger partial charge >= 0.3 is 11.9 Å². The minimum atomic E-state index is -3.42. The summed E-state index contributed by atoms with van der Waals surface area (Å²) in [5.41, 5.74) is 0. The van der Waals surface area contributed by atoms with Crippen molar-refractivity contribution in [3.63, 3.8) is 0 Å². The maximum Gasteiger partial charge on any atom is 0.306 e. The largest absolute Gasteiger partial charge is 0.469 e. The van der Waals surface area contributed by atoms with Gasteiger partial charge < -0.3 is 88.0 Å². The van der Waals surface area contributed by atoms with E-state index in [0.29, 0.717) is 19.3 Å². The summed E-state index contributed by atoms with van der Waals surface area (Å²) in [4.78, 5) is 37.5. The van der Waals surface area contributed by atoms with Gasteiger partial charge in [-0.15, -0.1) is 0 Å². The van der Waals surface area contributed by atoms with E-state index in [0.717, 1.165) is 10.4 Å². The molecule has 0 radical (unpaired) electrons. The van der Waals surface area contributed by atoms with Gasteiger partial charge in [-0.3, -0.25) is 9.59 Å². The number of rotatable bonds is 22. The lowest BCUT2D eigenvalue weighted by atomic mass is 9.95. The third-order valence-electron chi connectivity index (χ3n) is 12.2. The van der Waals surface area contributed by atoms with Crippen molar-refractivity contribution in [2.24, 2.45) is 0 Å². The molecule has 15 atom stereocenters. The van der Waals surface area contributed by atoms with Gasteiger partial charge in [0.25, 0.3) is 8.32 Å². The Bertz CT molecular complexity index is 1790. The number of esters is 2. The lowest BCUT2D eigenvalue weighted by Crippen LogP contribution is -2.70. The number of ether oxygens (including phenoxy) is 8. The molecule has 0 unspecified atom stereocenters. The van der Waals surface area contributed by atoms with Crippen LogP contribution in [0.3, 0.4) is 0 Å². The van der Waals surface area contributed by atoms with Crippen molar-refractivity contribution >= 4 is 36.4 Å². The fraction of sp³-hybridized carbons (Fsp3) is 0.674. The van der Waals surface area contributed by atoms with Crippen molar-refractivity contribution in [1.82, 2.24) is 0 Å². The van der Waals surface area contributed by atoms with Crippen molar-refractivity contribution in [2.75, 3.05) is 33.5 Å². The van der Waals surface area contributed by atoms with E-state index < -0.39 is 137 Å². The summed E-state index contributed by atoms with van der Waals surface area (Å²) in [5.74, 6) is -1.64. The molecule has 0 aliphatic carbocycles. The number of benzene rings is 2. The Balaban J connectivity index is 1.66. The van der Waals surface area contributed by atoms with Crippen LogP contribution in [0.5, 0.6) is 0 Å². The van der Waals surface area contributed by atoms with Crippen LogP contribution in [0, 0.1) is 0 Å². The number of aliphatic hydroxyl groups excluding tert-OH is 8. The first kappa shape index (κ1) is 54.6. The average Bonchev–Trinajstić information content (AvgIpc) is 3.31. The topological polar surface area (TPSA) is 296 Å². The predicted molar refractivity (Wildman–Crippen MR) is 236 cm³/mol. The highest BCUT2D eigenvalue weighted by atomic mass is 28.4. The van der Waals surface area contributed by atoms with E-state index in [1.165, 1.54) is 14.0 Å². The number of methoxy groups -OCH3 is 1. The Labute approximate surface area is 390 Å². The number of carbonyl (C=O) groups excluding carboxylic acids is 3. The van der Waals surface area contributed by atoms with E-state index >= 15 is 0 Å². The molecule has 2 aromatic carbocycles. The fourth-order valence-electron chi connectivity index (χ4n) is 8.57. The van der Waals surface area contributed by atoms with Gasteiger partial charge in [-0.25, -0.2) is 0 Å². The van der Waals surface area contributed by atoms with Gasteiger partial charge in [-0.05, 0) is 35.2 Å². The van der Waals surface area contributed by atoms with Gasteiger partial charge in [-0.2, -0.15) is 0 Å². The lowest BCUT2D eigenvalue weighted by Gasteiger charge is -2.50. The number of hydrogen-bond donors (Lipinski definition) is 8. The van der Waals surface area contributed by atoms with Gasteiger partial charge in [0, 0.05) is 19.4 Å². The quantitative estimate of drug-likeness (QED) is 0.0386. The molecule has 0 bridgehead atoms. The molecule has 3 saturated heterocycles. The van der Waals surface area contributed by atoms with Crippen LogP contribution in [0.4, 0.5) is 0 Å². The van der Waals surface area contributed by atoms with Gasteiger partial charge in [-0.1, -0.05) is 87.9 Å². The maximum atomic E-state index is 13.7. The first-order valence-electron chi connectivity index (χ1n) is 22.6. The normalized spacial score (nSPS) is 32.6. The van der Waals surface area contributed by atoms with E-state index in [1.807, 2.05) is 81.4 Å². The summed E-state index contributed by atoms with van der Waals surface area (Å²) in [5, 5.41) is 87.1. The van der Waals surface area contributed by atoms with Crippen molar-refractivity contribution < 1.29 is 97.6 Å². The zero-order valence-corrected chi connectivity index (χ0v) is 39.5. The number of aliphatic hydroxyl groups is 8. The summed E-state index contributed by atoms with van der Waals surface area (Å²) in [6.07, 6.45) is -25.2. The minimum Gasteiger partial charge on any atom is -0.469 e. The van der Waals surface area contributed by atoms with Gasteiger partial charge in [0.1, 0.15) is 72.9 Å². The molecular formula is C46H68O20Si. The Morgan fingerprint density at radius 2 is 1.10 bits per heavy atom. The smallest absolute Gasteiger partial charge is 0.306 e. The summed E-state index contributed by atoms with van der Waals surface area (Å²) in [7, 11) is -2.14. The molecule has 67 heavy (non-hydrogen) atoms. The average molecular weight is 969 g/mol. The molecule has 20 nitrogen and oxygen atoms in total. The second-order valence-corrected chi connectivity index (χ2v) is 22.3. The molecule has 0 amide bonds. The Morgan fingerprint density at radius 1 is 0.597 bits per heavy atom. The van der Waals surface area contributed by atoms with Gasteiger partial charge in [0.15, 0.2) is 25.0 Å². The molecule has 0 saturated carbocycles. The maximum absolute atomic E-state index is 13.7. The van der Waals surface area contributed by atoms with Gasteiger partial charge in [0.2, 0.25) is 0 Å². The lowest BCUT2D eigenvalue weighted by molar-refractivity contribution is -0.387. The van der Waals surface area contributed by atoms with Crippen molar-refractivity contribution in [3.05, 3.63) is 60.7 Å². The highest BCUT2D eigenvalue weighted by Crippen LogP contribution is 2.40. The first-order chi connectivity index (χ1) is 31.9. The molecule has 3 aliphatic heterocycles. The van der Waals surface area contributed by atoms with E-state index in [2.05, 4.69) is 0 Å². The van der Waals surface area contributed by atoms with Crippen LogP contribution in [0.2, 0.25) is 5.04 Å². The molecule has 21 heteroatoms. The van der Waals surface area contributed by atoms with Crippen LogP contribution < -0.4 is 10.4 Å². The second-order valence-electron chi connectivity index (χ2n) is 18.0. The molecule has 3 heterocycles. The monoisotopic (exact) mass is 968 g/mol. The summed E-state index contributed by atoms with van der Waals surface area (Å²) >= 11 is 0. The van der Waals surface area contributed by atoms with Crippen molar-refractivity contribution in [1.29, 1.82) is 0 Å². The molecule has 5 rings (SSSR count). The Kier molecular flexibility index (Phi) is 20.4. The third kappa shape index (κ3) is 13.3. The summed E-state index contributed by atoms with van der Waals surface area (Å²) in [6.45, 7) is 5.36.